The van der Waals surface area contributed by atoms with Gasteiger partial charge in [0.2, 0.25) is 11.9 Å². The fraction of sp³-hybridized carbons (Fsp3) is 0.118. The van der Waals surface area contributed by atoms with E-state index in [1.165, 1.54) is 6.21 Å². The third-order valence-electron chi connectivity index (χ3n) is 3.46. The molecular weight excluding hydrogens is 363 g/mol. The molecule has 8 heteroatoms. The van der Waals surface area contributed by atoms with Crippen LogP contribution in [0.15, 0.2) is 47.0 Å². The van der Waals surface area contributed by atoms with E-state index in [0.29, 0.717) is 26.0 Å². The molecule has 0 unspecified atom stereocenters. The van der Waals surface area contributed by atoms with Crippen LogP contribution in [0.5, 0.6) is 0 Å². The van der Waals surface area contributed by atoms with Crippen molar-refractivity contribution in [3.8, 4) is 11.5 Å². The second-order valence-electron chi connectivity index (χ2n) is 5.45. The monoisotopic (exact) mass is 376 g/mol. The molecule has 0 aliphatic heterocycles. The van der Waals surface area contributed by atoms with Crippen molar-refractivity contribution in [2.24, 2.45) is 0 Å². The SMILES string of the molecule is CN(C)c1ccc(/[N+]([O-])=C/c2noc(-c3ccc(Cl)cc3Cl)n2)cc1. The van der Waals surface area contributed by atoms with Crippen molar-refractivity contribution in [2.75, 3.05) is 19.0 Å². The fourth-order valence-electron chi connectivity index (χ4n) is 2.14. The molecule has 0 aliphatic carbocycles. The lowest BCUT2D eigenvalue weighted by molar-refractivity contribution is -0.354. The van der Waals surface area contributed by atoms with E-state index in [2.05, 4.69) is 10.1 Å². The van der Waals surface area contributed by atoms with Gasteiger partial charge in [0.1, 0.15) is 0 Å². The minimum absolute atomic E-state index is 0.146. The Bertz CT molecular complexity index is 921. The summed E-state index contributed by atoms with van der Waals surface area (Å²) < 4.78 is 5.84. The van der Waals surface area contributed by atoms with Crippen molar-refractivity contribution >= 4 is 40.8 Å². The Morgan fingerprint density at radius 1 is 1.12 bits per heavy atom. The molecule has 0 N–H and O–H groups in total. The Kier molecular flexibility index (Phi) is 4.92. The van der Waals surface area contributed by atoms with Gasteiger partial charge >= 0.3 is 0 Å². The molecule has 3 rings (SSSR count). The van der Waals surface area contributed by atoms with E-state index < -0.39 is 0 Å². The fourth-order valence-corrected chi connectivity index (χ4v) is 2.63. The van der Waals surface area contributed by atoms with E-state index in [9.17, 15) is 5.21 Å². The Balaban J connectivity index is 1.85. The van der Waals surface area contributed by atoms with Crippen LogP contribution < -0.4 is 4.90 Å². The molecule has 0 fully saturated rings. The summed E-state index contributed by atoms with van der Waals surface area (Å²) in [4.78, 5) is 6.12. The van der Waals surface area contributed by atoms with Gasteiger partial charge in [0, 0.05) is 36.9 Å². The van der Waals surface area contributed by atoms with Gasteiger partial charge in [0.15, 0.2) is 0 Å². The van der Waals surface area contributed by atoms with E-state index in [0.717, 1.165) is 5.69 Å². The van der Waals surface area contributed by atoms with Crippen LogP contribution in [0.25, 0.3) is 11.5 Å². The van der Waals surface area contributed by atoms with Crippen molar-refractivity contribution in [1.82, 2.24) is 10.1 Å². The Morgan fingerprint density at radius 3 is 2.48 bits per heavy atom. The van der Waals surface area contributed by atoms with Crippen molar-refractivity contribution in [1.29, 1.82) is 0 Å². The molecule has 0 amide bonds. The molecule has 1 heterocycles. The molecule has 0 saturated carbocycles. The highest BCUT2D eigenvalue weighted by atomic mass is 35.5. The molecule has 2 aromatic carbocycles. The van der Waals surface area contributed by atoms with Crippen molar-refractivity contribution in [3.05, 3.63) is 63.5 Å². The molecule has 0 aliphatic rings. The first-order valence-electron chi connectivity index (χ1n) is 7.32. The first kappa shape index (κ1) is 17.3. The molecule has 0 radical (unpaired) electrons. The number of nitrogens with zero attached hydrogens (tertiary/aromatic N) is 4. The van der Waals surface area contributed by atoms with E-state index in [1.807, 2.05) is 31.1 Å². The molecule has 6 nitrogen and oxygen atoms in total. The van der Waals surface area contributed by atoms with Crippen LogP contribution in [0.1, 0.15) is 5.82 Å². The molecule has 0 saturated heterocycles. The standard InChI is InChI=1S/C17H14Cl2N4O2/c1-22(2)12-4-6-13(7-5-12)23(24)10-16-20-17(25-21-16)14-8-3-11(18)9-15(14)19/h3-10H,1-2H3/b23-10-. The molecule has 3 aromatic rings. The highest BCUT2D eigenvalue weighted by molar-refractivity contribution is 6.36. The number of rotatable bonds is 4. The average molecular weight is 377 g/mol. The summed E-state index contributed by atoms with van der Waals surface area (Å²) in [6, 6.07) is 12.1. The van der Waals surface area contributed by atoms with Crippen LogP contribution in [0.3, 0.4) is 0 Å². The van der Waals surface area contributed by atoms with Crippen molar-refractivity contribution in [3.63, 3.8) is 0 Å². The van der Waals surface area contributed by atoms with Gasteiger partial charge in [-0.05, 0) is 30.3 Å². The molecule has 0 bridgehead atoms. The molecular formula is C17H14Cl2N4O2. The van der Waals surface area contributed by atoms with Crippen LogP contribution >= 0.6 is 23.2 Å². The van der Waals surface area contributed by atoms with Gasteiger partial charge in [-0.2, -0.15) is 9.72 Å². The molecule has 128 valence electrons. The second-order valence-corrected chi connectivity index (χ2v) is 6.29. The van der Waals surface area contributed by atoms with Crippen LogP contribution in [-0.4, -0.2) is 35.2 Å². The molecule has 1 aromatic heterocycles. The average Bonchev–Trinajstić information content (AvgIpc) is 3.03. The third-order valence-corrected chi connectivity index (χ3v) is 4.00. The predicted molar refractivity (Wildman–Crippen MR) is 99.0 cm³/mol. The van der Waals surface area contributed by atoms with Gasteiger partial charge in [0.25, 0.3) is 11.7 Å². The van der Waals surface area contributed by atoms with Gasteiger partial charge in [-0.15, -0.1) is 0 Å². The number of anilines is 1. The van der Waals surface area contributed by atoms with Gasteiger partial charge in [-0.3, -0.25) is 0 Å². The van der Waals surface area contributed by atoms with E-state index in [-0.39, 0.29) is 11.7 Å². The quantitative estimate of drug-likeness (QED) is 0.292. The van der Waals surface area contributed by atoms with Crippen molar-refractivity contribution in [2.45, 2.75) is 0 Å². The zero-order valence-corrected chi connectivity index (χ0v) is 15.0. The smallest absolute Gasteiger partial charge is 0.261 e. The lowest BCUT2D eigenvalue weighted by atomic mass is 10.2. The Labute approximate surface area is 154 Å². The lowest BCUT2D eigenvalue weighted by Gasteiger charge is -2.11. The first-order valence-corrected chi connectivity index (χ1v) is 8.07. The number of hydrogen-bond acceptors (Lipinski definition) is 5. The molecule has 0 atom stereocenters. The van der Waals surface area contributed by atoms with Crippen LogP contribution in [0.4, 0.5) is 11.4 Å². The third kappa shape index (κ3) is 3.92. The Morgan fingerprint density at radius 2 is 1.84 bits per heavy atom. The summed E-state index contributed by atoms with van der Waals surface area (Å²) >= 11 is 12.0. The number of aromatic nitrogens is 2. The van der Waals surface area contributed by atoms with Gasteiger partial charge in [0.05, 0.1) is 10.6 Å². The number of benzene rings is 2. The van der Waals surface area contributed by atoms with Gasteiger partial charge < -0.3 is 14.6 Å². The minimum Gasteiger partial charge on any atom is -0.618 e. The summed E-state index contributed by atoms with van der Waals surface area (Å²) in [6.45, 7) is 0. The largest absolute Gasteiger partial charge is 0.618 e. The highest BCUT2D eigenvalue weighted by Gasteiger charge is 2.14. The maximum atomic E-state index is 12.2. The van der Waals surface area contributed by atoms with E-state index in [1.54, 1.807) is 30.3 Å². The number of hydrogen-bond donors (Lipinski definition) is 0. The lowest BCUT2D eigenvalue weighted by Crippen LogP contribution is -2.08. The second kappa shape index (κ2) is 7.13. The van der Waals surface area contributed by atoms with Gasteiger partial charge in [-0.1, -0.05) is 28.4 Å². The topological polar surface area (TPSA) is 68.2 Å². The van der Waals surface area contributed by atoms with Crippen LogP contribution in [0.2, 0.25) is 10.0 Å². The molecule has 0 spiro atoms. The van der Waals surface area contributed by atoms with Crippen LogP contribution in [0, 0.1) is 5.21 Å². The summed E-state index contributed by atoms with van der Waals surface area (Å²) in [5.74, 6) is 0.358. The highest BCUT2D eigenvalue weighted by Crippen LogP contribution is 2.29. The summed E-state index contributed by atoms with van der Waals surface area (Å²) in [6.07, 6.45) is 1.24. The zero-order chi connectivity index (χ0) is 18.0. The van der Waals surface area contributed by atoms with Gasteiger partial charge in [-0.25, -0.2) is 0 Å². The normalized spacial score (nSPS) is 11.6. The maximum Gasteiger partial charge on any atom is 0.261 e. The summed E-state index contributed by atoms with van der Waals surface area (Å²) in [5.41, 5.74) is 2.00. The first-order chi connectivity index (χ1) is 11.9. The minimum atomic E-state index is 0.146. The predicted octanol–water partition coefficient (Wildman–Crippen LogP) is 4.37. The summed E-state index contributed by atoms with van der Waals surface area (Å²) in [7, 11) is 3.86. The van der Waals surface area contributed by atoms with Crippen molar-refractivity contribution < 1.29 is 9.26 Å². The number of halogens is 2. The summed E-state index contributed by atoms with van der Waals surface area (Å²) in [5, 5.41) is 16.9. The van der Waals surface area contributed by atoms with E-state index >= 15 is 0 Å². The zero-order valence-electron chi connectivity index (χ0n) is 13.5. The Hall–Kier alpha value is -2.57. The van der Waals surface area contributed by atoms with E-state index in [4.69, 9.17) is 27.7 Å². The maximum absolute atomic E-state index is 12.2. The molecule has 25 heavy (non-hydrogen) atoms. The van der Waals surface area contributed by atoms with Crippen LogP contribution in [-0.2, 0) is 0 Å².